The summed E-state index contributed by atoms with van der Waals surface area (Å²) in [5.41, 5.74) is 1.64. The average molecular weight is 386 g/mol. The maximum atomic E-state index is 13.2. The van der Waals surface area contributed by atoms with Crippen LogP contribution in [0.5, 0.6) is 0 Å². The fraction of sp³-hybridized carbons (Fsp3) is 0.364. The summed E-state index contributed by atoms with van der Waals surface area (Å²) in [6.07, 6.45) is 0.897. The minimum Gasteiger partial charge on any atom is -0.385 e. The molecule has 0 saturated heterocycles. The van der Waals surface area contributed by atoms with Crippen molar-refractivity contribution in [1.82, 2.24) is 10.2 Å². The maximum Gasteiger partial charge on any atom is 0.242 e. The Morgan fingerprint density at radius 1 is 1.07 bits per heavy atom. The van der Waals surface area contributed by atoms with E-state index in [9.17, 15) is 14.0 Å². The Bertz CT molecular complexity index is 750. The van der Waals surface area contributed by atoms with Gasteiger partial charge in [-0.15, -0.1) is 0 Å². The second-order valence-electron chi connectivity index (χ2n) is 6.62. The van der Waals surface area contributed by atoms with Crippen molar-refractivity contribution < 1.29 is 18.7 Å². The maximum absolute atomic E-state index is 13.2. The number of carbonyl (C=O) groups excluding carboxylic acids is 2. The van der Waals surface area contributed by atoms with Crippen molar-refractivity contribution in [2.24, 2.45) is 0 Å². The number of amides is 2. The van der Waals surface area contributed by atoms with Crippen LogP contribution in [-0.2, 0) is 27.3 Å². The fourth-order valence-corrected chi connectivity index (χ4v) is 2.82. The Hall–Kier alpha value is -2.73. The van der Waals surface area contributed by atoms with Crippen molar-refractivity contribution in [1.29, 1.82) is 0 Å². The van der Waals surface area contributed by atoms with Crippen LogP contribution >= 0.6 is 0 Å². The van der Waals surface area contributed by atoms with Gasteiger partial charge in [0.2, 0.25) is 11.8 Å². The molecule has 0 aliphatic rings. The van der Waals surface area contributed by atoms with E-state index in [0.717, 1.165) is 11.1 Å². The predicted octanol–water partition coefficient (Wildman–Crippen LogP) is 2.94. The topological polar surface area (TPSA) is 58.6 Å². The van der Waals surface area contributed by atoms with Crippen molar-refractivity contribution >= 4 is 11.8 Å². The van der Waals surface area contributed by atoms with Crippen LogP contribution in [0.15, 0.2) is 54.6 Å². The molecule has 0 aliphatic carbocycles. The molecule has 0 spiro atoms. The first-order valence-electron chi connectivity index (χ1n) is 9.35. The molecule has 0 aliphatic heterocycles. The van der Waals surface area contributed by atoms with Gasteiger partial charge in [0.25, 0.3) is 0 Å². The molecule has 5 nitrogen and oxygen atoms in total. The van der Waals surface area contributed by atoms with E-state index in [0.29, 0.717) is 19.6 Å². The highest BCUT2D eigenvalue weighted by Gasteiger charge is 2.26. The molecule has 0 saturated carbocycles. The molecule has 2 aromatic carbocycles. The van der Waals surface area contributed by atoms with Crippen LogP contribution < -0.4 is 5.32 Å². The lowest BCUT2D eigenvalue weighted by atomic mass is 10.1. The Kier molecular flexibility index (Phi) is 8.62. The Morgan fingerprint density at radius 2 is 1.75 bits per heavy atom. The molecule has 0 radical (unpaired) electrons. The molecule has 2 aromatic rings. The van der Waals surface area contributed by atoms with Gasteiger partial charge in [0, 0.05) is 26.8 Å². The van der Waals surface area contributed by atoms with E-state index in [1.807, 2.05) is 30.3 Å². The molecule has 2 amide bonds. The summed E-state index contributed by atoms with van der Waals surface area (Å²) in [7, 11) is 1.61. The molecule has 0 heterocycles. The number of nitrogens with one attached hydrogen (secondary N) is 1. The van der Waals surface area contributed by atoms with Gasteiger partial charge in [-0.05, 0) is 36.6 Å². The minimum absolute atomic E-state index is 0.157. The van der Waals surface area contributed by atoms with E-state index in [1.54, 1.807) is 26.2 Å². The number of hydrogen-bond donors (Lipinski definition) is 1. The SMILES string of the molecule is COCCCNC(=O)[C@@H](C)N(Cc1ccc(F)cc1)C(=O)Cc1ccccc1. The Morgan fingerprint density at radius 3 is 2.39 bits per heavy atom. The second-order valence-corrected chi connectivity index (χ2v) is 6.62. The molecule has 0 aromatic heterocycles. The summed E-state index contributed by atoms with van der Waals surface area (Å²) in [5, 5.41) is 2.84. The molecule has 0 unspecified atom stereocenters. The van der Waals surface area contributed by atoms with Gasteiger partial charge in [-0.2, -0.15) is 0 Å². The summed E-state index contributed by atoms with van der Waals surface area (Å²) in [5.74, 6) is -0.718. The Balaban J connectivity index is 2.10. The van der Waals surface area contributed by atoms with Gasteiger partial charge in [-0.3, -0.25) is 9.59 Å². The first kappa shape index (κ1) is 21.6. The first-order chi connectivity index (χ1) is 13.5. The van der Waals surface area contributed by atoms with Crippen molar-refractivity contribution in [2.45, 2.75) is 32.4 Å². The van der Waals surface area contributed by atoms with E-state index in [-0.39, 0.29) is 30.6 Å². The Labute approximate surface area is 165 Å². The quantitative estimate of drug-likeness (QED) is 0.639. The number of methoxy groups -OCH3 is 1. The van der Waals surface area contributed by atoms with Crippen LogP contribution in [0.3, 0.4) is 0 Å². The van der Waals surface area contributed by atoms with Crippen LogP contribution in [0.4, 0.5) is 4.39 Å². The third kappa shape index (κ3) is 6.78. The van der Waals surface area contributed by atoms with Crippen molar-refractivity contribution in [3.8, 4) is 0 Å². The molecule has 1 N–H and O–H groups in total. The number of nitrogens with zero attached hydrogens (tertiary/aromatic N) is 1. The van der Waals surface area contributed by atoms with E-state index < -0.39 is 6.04 Å². The molecule has 0 bridgehead atoms. The van der Waals surface area contributed by atoms with Gasteiger partial charge in [0.05, 0.1) is 6.42 Å². The van der Waals surface area contributed by atoms with Crippen molar-refractivity contribution in [3.05, 3.63) is 71.5 Å². The number of rotatable bonds is 10. The number of carbonyl (C=O) groups is 2. The highest BCUT2D eigenvalue weighted by molar-refractivity contribution is 5.88. The average Bonchev–Trinajstić information content (AvgIpc) is 2.70. The third-order valence-corrected chi connectivity index (χ3v) is 4.46. The van der Waals surface area contributed by atoms with E-state index in [1.165, 1.54) is 17.0 Å². The molecule has 6 heteroatoms. The normalized spacial score (nSPS) is 11.7. The van der Waals surface area contributed by atoms with Crippen molar-refractivity contribution in [2.75, 3.05) is 20.3 Å². The summed E-state index contributed by atoms with van der Waals surface area (Å²) in [6, 6.07) is 14.7. The smallest absolute Gasteiger partial charge is 0.242 e. The summed E-state index contributed by atoms with van der Waals surface area (Å²) >= 11 is 0. The molecule has 1 atom stereocenters. The zero-order valence-corrected chi connectivity index (χ0v) is 16.4. The second kappa shape index (κ2) is 11.2. The van der Waals surface area contributed by atoms with E-state index in [4.69, 9.17) is 4.74 Å². The van der Waals surface area contributed by atoms with Crippen LogP contribution in [0.2, 0.25) is 0 Å². The summed E-state index contributed by atoms with van der Waals surface area (Å²) in [4.78, 5) is 27.0. The van der Waals surface area contributed by atoms with Gasteiger partial charge in [0.1, 0.15) is 11.9 Å². The lowest BCUT2D eigenvalue weighted by molar-refractivity contribution is -0.140. The van der Waals surface area contributed by atoms with Crippen LogP contribution in [0, 0.1) is 5.82 Å². The van der Waals surface area contributed by atoms with Gasteiger partial charge in [-0.1, -0.05) is 42.5 Å². The van der Waals surface area contributed by atoms with Gasteiger partial charge >= 0.3 is 0 Å². The van der Waals surface area contributed by atoms with Gasteiger partial charge < -0.3 is 15.0 Å². The molecule has 150 valence electrons. The minimum atomic E-state index is -0.649. The largest absolute Gasteiger partial charge is 0.385 e. The fourth-order valence-electron chi connectivity index (χ4n) is 2.82. The highest BCUT2D eigenvalue weighted by Crippen LogP contribution is 2.13. The number of ether oxygens (including phenoxy) is 1. The molecular weight excluding hydrogens is 359 g/mol. The molecular formula is C22H27FN2O3. The van der Waals surface area contributed by atoms with E-state index >= 15 is 0 Å². The molecule has 2 rings (SSSR count). The molecule has 0 fully saturated rings. The number of halogens is 1. The molecule has 28 heavy (non-hydrogen) atoms. The number of hydrogen-bond acceptors (Lipinski definition) is 3. The van der Waals surface area contributed by atoms with Gasteiger partial charge in [0.15, 0.2) is 0 Å². The highest BCUT2D eigenvalue weighted by atomic mass is 19.1. The van der Waals surface area contributed by atoms with Gasteiger partial charge in [-0.25, -0.2) is 4.39 Å². The van der Waals surface area contributed by atoms with Crippen LogP contribution in [0.1, 0.15) is 24.5 Å². The summed E-state index contributed by atoms with van der Waals surface area (Å²) in [6.45, 7) is 2.98. The zero-order valence-electron chi connectivity index (χ0n) is 16.4. The number of benzene rings is 2. The predicted molar refractivity (Wildman–Crippen MR) is 106 cm³/mol. The van der Waals surface area contributed by atoms with Crippen molar-refractivity contribution in [3.63, 3.8) is 0 Å². The third-order valence-electron chi connectivity index (χ3n) is 4.46. The lowest BCUT2D eigenvalue weighted by Gasteiger charge is -2.29. The zero-order chi connectivity index (χ0) is 20.4. The van der Waals surface area contributed by atoms with E-state index in [2.05, 4.69) is 5.32 Å². The first-order valence-corrected chi connectivity index (χ1v) is 9.35. The standard InChI is InChI=1S/C22H27FN2O3/c1-17(22(27)24-13-6-14-28-2)25(16-19-9-11-20(23)12-10-19)21(26)15-18-7-4-3-5-8-18/h3-5,7-12,17H,6,13-16H2,1-2H3,(H,24,27)/t17-/m1/s1. The van der Waals surface area contributed by atoms with Crippen LogP contribution in [-0.4, -0.2) is 43.0 Å². The lowest BCUT2D eigenvalue weighted by Crippen LogP contribution is -2.48. The monoisotopic (exact) mass is 386 g/mol. The summed E-state index contributed by atoms with van der Waals surface area (Å²) < 4.78 is 18.2. The van der Waals surface area contributed by atoms with Crippen LogP contribution in [0.25, 0.3) is 0 Å².